The van der Waals surface area contributed by atoms with E-state index in [4.69, 9.17) is 9.47 Å². The summed E-state index contributed by atoms with van der Waals surface area (Å²) in [5.41, 5.74) is 0.377. The molecule has 0 saturated carbocycles. The highest BCUT2D eigenvalue weighted by molar-refractivity contribution is 9.10. The van der Waals surface area contributed by atoms with Gasteiger partial charge in [-0.25, -0.2) is 4.39 Å². The third-order valence-corrected chi connectivity index (χ3v) is 2.74. The van der Waals surface area contributed by atoms with Gasteiger partial charge in [0, 0.05) is 5.56 Å². The Balaban J connectivity index is 3.44. The molecule has 1 rings (SSSR count). The van der Waals surface area contributed by atoms with Gasteiger partial charge in [-0.05, 0) is 28.9 Å². The zero-order valence-corrected chi connectivity index (χ0v) is 10.3. The Hall–Kier alpha value is -0.810. The van der Waals surface area contributed by atoms with Gasteiger partial charge in [-0.15, -0.1) is 0 Å². The van der Waals surface area contributed by atoms with Crippen molar-refractivity contribution in [1.82, 2.24) is 0 Å². The van der Waals surface area contributed by atoms with Crippen molar-refractivity contribution in [2.24, 2.45) is 0 Å². The summed E-state index contributed by atoms with van der Waals surface area (Å²) in [7, 11) is 2.81. The van der Waals surface area contributed by atoms with E-state index in [1.807, 2.05) is 0 Å². The number of ether oxygens (including phenoxy) is 2. The lowest BCUT2D eigenvalue weighted by Crippen LogP contribution is -2.01. The van der Waals surface area contributed by atoms with Crippen LogP contribution in [0.3, 0.4) is 0 Å². The topological polar surface area (TPSA) is 38.7 Å². The first-order valence-corrected chi connectivity index (χ1v) is 5.10. The second-order valence-corrected chi connectivity index (χ2v) is 3.80. The normalized spacial score (nSPS) is 12.4. The molecule has 0 aliphatic carbocycles. The molecule has 1 unspecified atom stereocenters. The molecule has 0 aromatic heterocycles. The van der Waals surface area contributed by atoms with Crippen LogP contribution in [-0.4, -0.2) is 19.3 Å². The van der Waals surface area contributed by atoms with Gasteiger partial charge < -0.3 is 14.6 Å². The molecular formula is C10H12BrFO3. The molecule has 0 amide bonds. The minimum absolute atomic E-state index is 0.0660. The molecular weight excluding hydrogens is 267 g/mol. The van der Waals surface area contributed by atoms with Crippen molar-refractivity contribution in [2.45, 2.75) is 13.0 Å². The fraction of sp³-hybridized carbons (Fsp3) is 0.400. The molecule has 3 nitrogen and oxygen atoms in total. The van der Waals surface area contributed by atoms with Gasteiger partial charge in [0.1, 0.15) is 10.2 Å². The predicted octanol–water partition coefficient (Wildman–Crippen LogP) is 2.66. The van der Waals surface area contributed by atoms with E-state index in [9.17, 15) is 9.50 Å². The number of benzene rings is 1. The molecule has 0 fully saturated rings. The number of rotatable bonds is 3. The number of methoxy groups -OCH3 is 2. The molecule has 0 radical (unpaired) electrons. The fourth-order valence-corrected chi connectivity index (χ4v) is 2.05. The highest BCUT2D eigenvalue weighted by Crippen LogP contribution is 2.41. The van der Waals surface area contributed by atoms with Crippen molar-refractivity contribution in [3.05, 3.63) is 21.9 Å². The Morgan fingerprint density at radius 2 is 1.87 bits per heavy atom. The molecule has 84 valence electrons. The van der Waals surface area contributed by atoms with Crippen LogP contribution < -0.4 is 9.47 Å². The van der Waals surface area contributed by atoms with Crippen LogP contribution in [-0.2, 0) is 0 Å². The van der Waals surface area contributed by atoms with Gasteiger partial charge in [0.05, 0.1) is 20.3 Å². The van der Waals surface area contributed by atoms with Crippen LogP contribution in [0.1, 0.15) is 18.6 Å². The maximum absolute atomic E-state index is 13.5. The maximum Gasteiger partial charge on any atom is 0.172 e. The van der Waals surface area contributed by atoms with E-state index in [1.54, 1.807) is 0 Å². The van der Waals surface area contributed by atoms with Crippen LogP contribution in [0.25, 0.3) is 0 Å². The Morgan fingerprint density at radius 3 is 2.27 bits per heavy atom. The first-order chi connectivity index (χ1) is 7.02. The second-order valence-electron chi connectivity index (χ2n) is 3.00. The molecule has 0 saturated heterocycles. The first-order valence-electron chi connectivity index (χ1n) is 4.30. The first kappa shape index (κ1) is 12.3. The van der Waals surface area contributed by atoms with E-state index < -0.39 is 11.9 Å². The zero-order chi connectivity index (χ0) is 11.6. The average Bonchev–Trinajstić information content (AvgIpc) is 2.17. The van der Waals surface area contributed by atoms with Crippen LogP contribution in [0.15, 0.2) is 10.5 Å². The summed E-state index contributed by atoms with van der Waals surface area (Å²) >= 11 is 3.17. The van der Waals surface area contributed by atoms with Gasteiger partial charge in [0.2, 0.25) is 0 Å². The zero-order valence-electron chi connectivity index (χ0n) is 8.67. The van der Waals surface area contributed by atoms with Gasteiger partial charge in [-0.2, -0.15) is 0 Å². The number of halogens is 2. The van der Waals surface area contributed by atoms with Crippen molar-refractivity contribution < 1.29 is 19.0 Å². The van der Waals surface area contributed by atoms with Gasteiger partial charge in [-0.1, -0.05) is 0 Å². The molecule has 1 atom stereocenters. The Labute approximate surface area is 95.9 Å². The summed E-state index contributed by atoms with van der Waals surface area (Å²) < 4.78 is 23.8. The van der Waals surface area contributed by atoms with Crippen molar-refractivity contribution in [1.29, 1.82) is 0 Å². The van der Waals surface area contributed by atoms with Crippen LogP contribution >= 0.6 is 15.9 Å². The largest absolute Gasteiger partial charge is 0.495 e. The van der Waals surface area contributed by atoms with E-state index in [2.05, 4.69) is 15.9 Å². The molecule has 0 aliphatic heterocycles. The highest BCUT2D eigenvalue weighted by Gasteiger charge is 2.20. The van der Waals surface area contributed by atoms with E-state index in [-0.39, 0.29) is 5.75 Å². The molecule has 5 heteroatoms. The Morgan fingerprint density at radius 1 is 1.33 bits per heavy atom. The standard InChI is InChI=1S/C10H12BrFO3/c1-5(13)6-4-7(12)10(15-3)8(11)9(6)14-2/h4-5,13H,1-3H3. The minimum atomic E-state index is -0.809. The lowest BCUT2D eigenvalue weighted by atomic mass is 10.1. The minimum Gasteiger partial charge on any atom is -0.495 e. The third kappa shape index (κ3) is 2.23. The van der Waals surface area contributed by atoms with Gasteiger partial charge >= 0.3 is 0 Å². The number of aliphatic hydroxyl groups is 1. The quantitative estimate of drug-likeness (QED) is 0.924. The summed E-state index contributed by atoms with van der Waals surface area (Å²) in [5.74, 6) is -0.0967. The fourth-order valence-electron chi connectivity index (χ4n) is 1.31. The molecule has 15 heavy (non-hydrogen) atoms. The van der Waals surface area contributed by atoms with Gasteiger partial charge in [-0.3, -0.25) is 0 Å². The SMILES string of the molecule is COc1c(F)cc(C(C)O)c(OC)c1Br. The smallest absolute Gasteiger partial charge is 0.172 e. The van der Waals surface area contributed by atoms with Crippen molar-refractivity contribution in [2.75, 3.05) is 14.2 Å². The lowest BCUT2D eigenvalue weighted by molar-refractivity contribution is 0.193. The van der Waals surface area contributed by atoms with E-state index >= 15 is 0 Å². The van der Waals surface area contributed by atoms with Crippen LogP contribution in [0.5, 0.6) is 11.5 Å². The van der Waals surface area contributed by atoms with Crippen LogP contribution in [0.2, 0.25) is 0 Å². The van der Waals surface area contributed by atoms with Gasteiger partial charge in [0.25, 0.3) is 0 Å². The summed E-state index contributed by atoms with van der Waals surface area (Å²) in [6.45, 7) is 1.54. The number of hydrogen-bond donors (Lipinski definition) is 1. The predicted molar refractivity (Wildman–Crippen MR) is 57.8 cm³/mol. The van der Waals surface area contributed by atoms with Crippen molar-refractivity contribution in [3.8, 4) is 11.5 Å². The third-order valence-electron chi connectivity index (χ3n) is 2.02. The van der Waals surface area contributed by atoms with Crippen molar-refractivity contribution >= 4 is 15.9 Å². The van der Waals surface area contributed by atoms with Crippen molar-refractivity contribution in [3.63, 3.8) is 0 Å². The van der Waals surface area contributed by atoms with Gasteiger partial charge in [0.15, 0.2) is 11.6 Å². The summed E-state index contributed by atoms with van der Waals surface area (Å²) in [6.07, 6.45) is -0.809. The maximum atomic E-state index is 13.5. The second kappa shape index (κ2) is 4.81. The molecule has 0 bridgehead atoms. The van der Waals surface area contributed by atoms with E-state index in [1.165, 1.54) is 27.2 Å². The molecule has 1 aromatic rings. The monoisotopic (exact) mass is 278 g/mol. The number of hydrogen-bond acceptors (Lipinski definition) is 3. The van der Waals surface area contributed by atoms with E-state index in [0.29, 0.717) is 15.8 Å². The summed E-state index contributed by atoms with van der Waals surface area (Å²) in [6, 6.07) is 1.20. The average molecular weight is 279 g/mol. The Bertz CT molecular complexity index is 366. The molecule has 1 aromatic carbocycles. The highest BCUT2D eigenvalue weighted by atomic mass is 79.9. The molecule has 0 aliphatic rings. The van der Waals surface area contributed by atoms with E-state index in [0.717, 1.165) is 0 Å². The molecule has 1 N–H and O–H groups in total. The number of aliphatic hydroxyl groups excluding tert-OH is 1. The van der Waals surface area contributed by atoms with Crippen LogP contribution in [0.4, 0.5) is 4.39 Å². The lowest BCUT2D eigenvalue weighted by Gasteiger charge is -2.15. The Kier molecular flexibility index (Phi) is 3.93. The summed E-state index contributed by atoms with van der Waals surface area (Å²) in [4.78, 5) is 0. The summed E-state index contributed by atoms with van der Waals surface area (Å²) in [5, 5.41) is 9.44. The van der Waals surface area contributed by atoms with Crippen LogP contribution in [0, 0.1) is 5.82 Å². The molecule has 0 spiro atoms. The molecule has 0 heterocycles.